The molecule has 2 N–H and O–H groups in total. The first kappa shape index (κ1) is 13.7. The zero-order chi connectivity index (χ0) is 14.2. The number of anilines is 1. The molecule has 0 amide bonds. The van der Waals surface area contributed by atoms with Crippen molar-refractivity contribution in [3.05, 3.63) is 29.8 Å². The highest BCUT2D eigenvalue weighted by Crippen LogP contribution is 2.35. The number of halogens is 2. The summed E-state index contributed by atoms with van der Waals surface area (Å²) in [5, 5.41) is 6.88. The fourth-order valence-corrected chi connectivity index (χ4v) is 3.09. The van der Waals surface area contributed by atoms with E-state index < -0.39 is 11.6 Å². The van der Waals surface area contributed by atoms with Crippen LogP contribution in [-0.4, -0.2) is 36.2 Å². The molecule has 3 nitrogen and oxygen atoms in total. The number of hydrogen-bond donors (Lipinski definition) is 2. The first-order valence-corrected chi connectivity index (χ1v) is 7.21. The molecule has 0 bridgehead atoms. The van der Waals surface area contributed by atoms with Crippen LogP contribution in [0.1, 0.15) is 12.8 Å². The first-order chi connectivity index (χ1) is 9.58. The Morgan fingerprint density at radius 3 is 2.45 bits per heavy atom. The molecule has 1 aromatic carbocycles. The third-order valence-electron chi connectivity index (χ3n) is 4.28. The molecule has 108 valence electrons. The van der Waals surface area contributed by atoms with Crippen LogP contribution in [0.5, 0.6) is 0 Å². The SMILES string of the molecule is Fc1ccc(NC(=S)N2CCC3(CC2)CNC3)cc1F. The van der Waals surface area contributed by atoms with Crippen LogP contribution in [-0.2, 0) is 0 Å². The average molecular weight is 297 g/mol. The lowest BCUT2D eigenvalue weighted by molar-refractivity contribution is 0.0837. The second-order valence-electron chi connectivity index (χ2n) is 5.65. The highest BCUT2D eigenvalue weighted by atomic mass is 32.1. The molecule has 3 rings (SSSR count). The van der Waals surface area contributed by atoms with Gasteiger partial charge in [-0.05, 0) is 42.6 Å². The lowest BCUT2D eigenvalue weighted by atomic mass is 9.73. The molecule has 0 aliphatic carbocycles. The zero-order valence-electron chi connectivity index (χ0n) is 11.1. The molecular weight excluding hydrogens is 280 g/mol. The van der Waals surface area contributed by atoms with Crippen LogP contribution in [0.25, 0.3) is 0 Å². The van der Waals surface area contributed by atoms with Gasteiger partial charge in [0, 0.05) is 37.9 Å². The molecule has 0 aromatic heterocycles. The average Bonchev–Trinajstić information content (AvgIpc) is 2.41. The Morgan fingerprint density at radius 1 is 1.20 bits per heavy atom. The Balaban J connectivity index is 1.58. The van der Waals surface area contributed by atoms with Crippen LogP contribution in [0, 0.1) is 17.0 Å². The van der Waals surface area contributed by atoms with Crippen molar-refractivity contribution in [1.82, 2.24) is 10.2 Å². The molecule has 2 aliphatic rings. The number of benzene rings is 1. The minimum Gasteiger partial charge on any atom is -0.349 e. The molecule has 0 unspecified atom stereocenters. The number of thiocarbonyl (C=S) groups is 1. The maximum Gasteiger partial charge on any atom is 0.173 e. The van der Waals surface area contributed by atoms with Gasteiger partial charge in [0.1, 0.15) is 0 Å². The molecule has 2 aliphatic heterocycles. The van der Waals surface area contributed by atoms with E-state index in [1.165, 1.54) is 6.07 Å². The number of rotatable bonds is 1. The Labute approximate surface area is 122 Å². The van der Waals surface area contributed by atoms with E-state index in [-0.39, 0.29) is 0 Å². The Kier molecular flexibility index (Phi) is 3.60. The zero-order valence-corrected chi connectivity index (χ0v) is 11.9. The van der Waals surface area contributed by atoms with Crippen molar-refractivity contribution >= 4 is 23.0 Å². The summed E-state index contributed by atoms with van der Waals surface area (Å²) < 4.78 is 26.0. The van der Waals surface area contributed by atoms with Gasteiger partial charge in [-0.1, -0.05) is 0 Å². The van der Waals surface area contributed by atoms with Gasteiger partial charge in [-0.25, -0.2) is 8.78 Å². The van der Waals surface area contributed by atoms with Gasteiger partial charge in [-0.2, -0.15) is 0 Å². The molecule has 20 heavy (non-hydrogen) atoms. The Hall–Kier alpha value is -1.27. The fraction of sp³-hybridized carbons (Fsp3) is 0.500. The molecule has 6 heteroatoms. The summed E-state index contributed by atoms with van der Waals surface area (Å²) in [5.74, 6) is -1.71. The minimum atomic E-state index is -0.865. The van der Waals surface area contributed by atoms with Gasteiger partial charge in [0.2, 0.25) is 0 Å². The molecule has 0 radical (unpaired) electrons. The molecule has 1 aromatic rings. The summed E-state index contributed by atoms with van der Waals surface area (Å²) in [7, 11) is 0. The number of hydrogen-bond acceptors (Lipinski definition) is 2. The lowest BCUT2D eigenvalue weighted by Gasteiger charge is -2.48. The first-order valence-electron chi connectivity index (χ1n) is 6.80. The topological polar surface area (TPSA) is 27.3 Å². The third-order valence-corrected chi connectivity index (χ3v) is 4.64. The largest absolute Gasteiger partial charge is 0.349 e. The molecule has 0 saturated carbocycles. The third kappa shape index (κ3) is 2.62. The number of nitrogens with one attached hydrogen (secondary N) is 2. The number of likely N-dealkylation sites (tertiary alicyclic amines) is 1. The summed E-state index contributed by atoms with van der Waals surface area (Å²) in [5.41, 5.74) is 0.952. The van der Waals surface area contributed by atoms with E-state index in [1.807, 2.05) is 0 Å². The van der Waals surface area contributed by atoms with Crippen LogP contribution in [0.2, 0.25) is 0 Å². The maximum absolute atomic E-state index is 13.1. The van der Waals surface area contributed by atoms with Crippen LogP contribution in [0.15, 0.2) is 18.2 Å². The van der Waals surface area contributed by atoms with Crippen molar-refractivity contribution in [2.24, 2.45) is 5.41 Å². The smallest absolute Gasteiger partial charge is 0.173 e. The van der Waals surface area contributed by atoms with Crippen molar-refractivity contribution in [1.29, 1.82) is 0 Å². The van der Waals surface area contributed by atoms with Crippen LogP contribution < -0.4 is 10.6 Å². The molecule has 1 spiro atoms. The molecule has 2 heterocycles. The van der Waals surface area contributed by atoms with Gasteiger partial charge in [-0.3, -0.25) is 0 Å². The number of nitrogens with zero attached hydrogens (tertiary/aromatic N) is 1. The summed E-state index contributed by atoms with van der Waals surface area (Å²) in [6, 6.07) is 3.72. The standard InChI is InChI=1S/C14H17F2N3S/c15-11-2-1-10(7-12(11)16)18-13(20)19-5-3-14(4-6-19)8-17-9-14/h1-2,7,17H,3-6,8-9H2,(H,18,20). The van der Waals surface area contributed by atoms with E-state index in [1.54, 1.807) is 0 Å². The second kappa shape index (κ2) is 5.26. The van der Waals surface area contributed by atoms with Crippen LogP contribution >= 0.6 is 12.2 Å². The predicted octanol–water partition coefficient (Wildman–Crippen LogP) is 2.35. The van der Waals surface area contributed by atoms with E-state index in [2.05, 4.69) is 15.5 Å². The second-order valence-corrected chi connectivity index (χ2v) is 6.04. The van der Waals surface area contributed by atoms with E-state index in [9.17, 15) is 8.78 Å². The molecule has 2 saturated heterocycles. The van der Waals surface area contributed by atoms with Gasteiger partial charge in [0.05, 0.1) is 0 Å². The van der Waals surface area contributed by atoms with Crippen LogP contribution in [0.4, 0.5) is 14.5 Å². The monoisotopic (exact) mass is 297 g/mol. The van der Waals surface area contributed by atoms with Gasteiger partial charge >= 0.3 is 0 Å². The summed E-state index contributed by atoms with van der Waals surface area (Å²) >= 11 is 5.34. The van der Waals surface area contributed by atoms with Gasteiger partial charge in [-0.15, -0.1) is 0 Å². The normalized spacial score (nSPS) is 20.6. The minimum absolute atomic E-state index is 0.466. The predicted molar refractivity (Wildman–Crippen MR) is 78.7 cm³/mol. The molecule has 2 fully saturated rings. The summed E-state index contributed by atoms with van der Waals surface area (Å²) in [6.07, 6.45) is 2.25. The summed E-state index contributed by atoms with van der Waals surface area (Å²) in [4.78, 5) is 2.10. The van der Waals surface area contributed by atoms with E-state index >= 15 is 0 Å². The van der Waals surface area contributed by atoms with Crippen molar-refractivity contribution in [3.63, 3.8) is 0 Å². The van der Waals surface area contributed by atoms with Crippen molar-refractivity contribution in [2.45, 2.75) is 12.8 Å². The fourth-order valence-electron chi connectivity index (χ4n) is 2.79. The van der Waals surface area contributed by atoms with Crippen molar-refractivity contribution < 1.29 is 8.78 Å². The Bertz CT molecular complexity index is 521. The maximum atomic E-state index is 13.1. The number of piperidine rings is 1. The quantitative estimate of drug-likeness (QED) is 0.778. The Morgan fingerprint density at radius 2 is 1.90 bits per heavy atom. The van der Waals surface area contributed by atoms with Gasteiger partial charge in [0.15, 0.2) is 16.7 Å². The van der Waals surface area contributed by atoms with Crippen molar-refractivity contribution in [2.75, 3.05) is 31.5 Å². The van der Waals surface area contributed by atoms with Gasteiger partial charge in [0.25, 0.3) is 0 Å². The highest BCUT2D eigenvalue weighted by Gasteiger charge is 2.39. The summed E-state index contributed by atoms with van der Waals surface area (Å²) in [6.45, 7) is 4.03. The molecule has 0 atom stereocenters. The van der Waals surface area contributed by atoms with Crippen molar-refractivity contribution in [3.8, 4) is 0 Å². The van der Waals surface area contributed by atoms with E-state index in [0.717, 1.165) is 51.2 Å². The lowest BCUT2D eigenvalue weighted by Crippen LogP contribution is -2.59. The van der Waals surface area contributed by atoms with E-state index in [4.69, 9.17) is 12.2 Å². The highest BCUT2D eigenvalue weighted by molar-refractivity contribution is 7.80. The van der Waals surface area contributed by atoms with Crippen LogP contribution in [0.3, 0.4) is 0 Å². The van der Waals surface area contributed by atoms with Gasteiger partial charge < -0.3 is 15.5 Å². The van der Waals surface area contributed by atoms with E-state index in [0.29, 0.717) is 16.2 Å². The molecular formula is C14H17F2N3S.